The summed E-state index contributed by atoms with van der Waals surface area (Å²) in [5.74, 6) is 0.714. The molecule has 140 valence electrons. The monoisotopic (exact) mass is 459 g/mol. The molecule has 3 aromatic rings. The van der Waals surface area contributed by atoms with E-state index < -0.39 is 0 Å². The van der Waals surface area contributed by atoms with Gasteiger partial charge in [0, 0.05) is 32.9 Å². The molecular weight excluding hydrogens is 447 g/mol. The van der Waals surface area contributed by atoms with E-state index in [1.807, 2.05) is 18.2 Å². The van der Waals surface area contributed by atoms with Gasteiger partial charge in [-0.1, -0.05) is 64.1 Å². The average Bonchev–Trinajstić information content (AvgIpc) is 2.61. The maximum absolute atomic E-state index is 6.15. The lowest BCUT2D eigenvalue weighted by Crippen LogP contribution is -2.04. The maximum atomic E-state index is 6.15. The topological polar surface area (TPSA) is 21.3 Å². The number of benzene rings is 3. The van der Waals surface area contributed by atoms with E-state index in [0.29, 0.717) is 44.0 Å². The molecule has 0 aromatic heterocycles. The standard InChI is InChI=1S/C20H14Cl5NO/c21-14-2-4-20(27-11-12-1-3-18(24)19(25)5-12)13(6-14)10-26-17-8-15(22)7-16(23)9-17/h1-9,26H,10-11H2. The summed E-state index contributed by atoms with van der Waals surface area (Å²) in [7, 11) is 0. The number of halogens is 5. The first-order valence-corrected chi connectivity index (χ1v) is 9.85. The summed E-state index contributed by atoms with van der Waals surface area (Å²) in [6.07, 6.45) is 0. The summed E-state index contributed by atoms with van der Waals surface area (Å²) in [6, 6.07) is 16.2. The zero-order valence-corrected chi connectivity index (χ0v) is 17.7. The molecular formula is C20H14Cl5NO. The van der Waals surface area contributed by atoms with Crippen molar-refractivity contribution in [1.82, 2.24) is 0 Å². The fraction of sp³-hybridized carbons (Fsp3) is 0.100. The van der Waals surface area contributed by atoms with Crippen LogP contribution in [0.2, 0.25) is 25.1 Å². The number of nitrogens with one attached hydrogen (secondary N) is 1. The Hall–Kier alpha value is -1.29. The first kappa shape index (κ1) is 20.4. The van der Waals surface area contributed by atoms with Crippen molar-refractivity contribution >= 4 is 63.7 Å². The molecule has 3 aromatic carbocycles. The Balaban J connectivity index is 1.73. The molecule has 2 nitrogen and oxygen atoms in total. The molecule has 0 aliphatic rings. The van der Waals surface area contributed by atoms with E-state index in [0.717, 1.165) is 16.8 Å². The van der Waals surface area contributed by atoms with Crippen LogP contribution in [0, 0.1) is 0 Å². The summed E-state index contributed by atoms with van der Waals surface area (Å²) in [5, 5.41) is 6.03. The van der Waals surface area contributed by atoms with E-state index in [4.69, 9.17) is 62.7 Å². The van der Waals surface area contributed by atoms with Crippen LogP contribution in [0.3, 0.4) is 0 Å². The third kappa shape index (κ3) is 5.84. The van der Waals surface area contributed by atoms with Crippen LogP contribution in [0.1, 0.15) is 11.1 Å². The quantitative estimate of drug-likeness (QED) is 0.400. The van der Waals surface area contributed by atoms with Crippen molar-refractivity contribution < 1.29 is 4.74 Å². The summed E-state index contributed by atoms with van der Waals surface area (Å²) in [5.41, 5.74) is 2.63. The Morgan fingerprint density at radius 2 is 1.44 bits per heavy atom. The van der Waals surface area contributed by atoms with Gasteiger partial charge in [-0.05, 0) is 54.1 Å². The molecule has 0 aliphatic heterocycles. The van der Waals surface area contributed by atoms with E-state index in [9.17, 15) is 0 Å². The van der Waals surface area contributed by atoms with Crippen LogP contribution in [0.25, 0.3) is 0 Å². The van der Waals surface area contributed by atoms with Crippen LogP contribution in [-0.2, 0) is 13.2 Å². The van der Waals surface area contributed by atoms with Gasteiger partial charge in [-0.25, -0.2) is 0 Å². The van der Waals surface area contributed by atoms with Crippen LogP contribution >= 0.6 is 58.0 Å². The minimum Gasteiger partial charge on any atom is -0.489 e. The van der Waals surface area contributed by atoms with Crippen LogP contribution < -0.4 is 10.1 Å². The highest BCUT2D eigenvalue weighted by atomic mass is 35.5. The van der Waals surface area contributed by atoms with Crippen LogP contribution in [0.5, 0.6) is 5.75 Å². The lowest BCUT2D eigenvalue weighted by Gasteiger charge is -2.14. The predicted octanol–water partition coefficient (Wildman–Crippen LogP) is 8.14. The molecule has 0 amide bonds. The van der Waals surface area contributed by atoms with Crippen molar-refractivity contribution in [3.8, 4) is 5.75 Å². The molecule has 0 unspecified atom stereocenters. The molecule has 0 heterocycles. The Labute approximate surface area is 182 Å². The Bertz CT molecular complexity index is 941. The SMILES string of the molecule is Clc1cc(Cl)cc(NCc2cc(Cl)ccc2OCc2ccc(Cl)c(Cl)c2)c1. The van der Waals surface area contributed by atoms with Crippen LogP contribution in [0.15, 0.2) is 54.6 Å². The zero-order valence-electron chi connectivity index (χ0n) is 13.9. The summed E-state index contributed by atoms with van der Waals surface area (Å²) < 4.78 is 5.96. The fourth-order valence-electron chi connectivity index (χ4n) is 2.47. The maximum Gasteiger partial charge on any atom is 0.124 e. The molecule has 7 heteroatoms. The number of ether oxygens (including phenoxy) is 1. The van der Waals surface area contributed by atoms with Crippen LogP contribution in [0.4, 0.5) is 5.69 Å². The minimum atomic E-state index is 0.356. The van der Waals surface area contributed by atoms with Crippen molar-refractivity contribution in [1.29, 1.82) is 0 Å². The predicted molar refractivity (Wildman–Crippen MR) is 116 cm³/mol. The fourth-order valence-corrected chi connectivity index (χ4v) is 3.51. The second-order valence-electron chi connectivity index (χ2n) is 5.80. The molecule has 0 radical (unpaired) electrons. The lowest BCUT2D eigenvalue weighted by atomic mass is 10.2. The normalized spacial score (nSPS) is 10.7. The second kappa shape index (κ2) is 9.27. The number of rotatable bonds is 6. The van der Waals surface area contributed by atoms with E-state index in [2.05, 4.69) is 5.32 Å². The molecule has 0 saturated heterocycles. The van der Waals surface area contributed by atoms with Crippen molar-refractivity contribution in [2.75, 3.05) is 5.32 Å². The molecule has 0 fully saturated rings. The minimum absolute atomic E-state index is 0.356. The smallest absolute Gasteiger partial charge is 0.124 e. The van der Waals surface area contributed by atoms with E-state index in [1.165, 1.54) is 0 Å². The van der Waals surface area contributed by atoms with Gasteiger partial charge in [0.1, 0.15) is 12.4 Å². The summed E-state index contributed by atoms with van der Waals surface area (Å²) in [6.45, 7) is 0.850. The summed E-state index contributed by atoms with van der Waals surface area (Å²) in [4.78, 5) is 0. The number of hydrogen-bond donors (Lipinski definition) is 1. The molecule has 0 bridgehead atoms. The summed E-state index contributed by atoms with van der Waals surface area (Å²) >= 11 is 30.2. The molecule has 0 aliphatic carbocycles. The first-order chi connectivity index (χ1) is 12.9. The van der Waals surface area contributed by atoms with Gasteiger partial charge in [-0.15, -0.1) is 0 Å². The van der Waals surface area contributed by atoms with E-state index in [1.54, 1.807) is 36.4 Å². The third-order valence-corrected chi connectivity index (χ3v) is 5.16. The van der Waals surface area contributed by atoms with Crippen molar-refractivity contribution in [2.24, 2.45) is 0 Å². The number of hydrogen-bond acceptors (Lipinski definition) is 2. The van der Waals surface area contributed by atoms with Crippen LogP contribution in [-0.4, -0.2) is 0 Å². The molecule has 3 rings (SSSR count). The van der Waals surface area contributed by atoms with E-state index >= 15 is 0 Å². The third-order valence-electron chi connectivity index (χ3n) is 3.75. The van der Waals surface area contributed by atoms with Gasteiger partial charge in [0.2, 0.25) is 0 Å². The van der Waals surface area contributed by atoms with Gasteiger partial charge >= 0.3 is 0 Å². The molecule has 0 spiro atoms. The Kier molecular flexibility index (Phi) is 7.02. The van der Waals surface area contributed by atoms with Gasteiger partial charge in [-0.3, -0.25) is 0 Å². The molecule has 0 atom stereocenters. The Morgan fingerprint density at radius 1 is 0.704 bits per heavy atom. The van der Waals surface area contributed by atoms with Gasteiger partial charge < -0.3 is 10.1 Å². The first-order valence-electron chi connectivity index (χ1n) is 7.96. The number of anilines is 1. The van der Waals surface area contributed by atoms with Gasteiger partial charge in [-0.2, -0.15) is 0 Å². The molecule has 0 saturated carbocycles. The zero-order chi connectivity index (χ0) is 19.4. The van der Waals surface area contributed by atoms with Gasteiger partial charge in [0.25, 0.3) is 0 Å². The molecule has 1 N–H and O–H groups in total. The van der Waals surface area contributed by atoms with E-state index in [-0.39, 0.29) is 0 Å². The Morgan fingerprint density at radius 3 is 2.15 bits per heavy atom. The van der Waals surface area contributed by atoms with Gasteiger partial charge in [0.05, 0.1) is 10.0 Å². The highest BCUT2D eigenvalue weighted by Crippen LogP contribution is 2.28. The largest absolute Gasteiger partial charge is 0.489 e. The van der Waals surface area contributed by atoms with Gasteiger partial charge in [0.15, 0.2) is 0 Å². The average molecular weight is 462 g/mol. The lowest BCUT2D eigenvalue weighted by molar-refractivity contribution is 0.303. The highest BCUT2D eigenvalue weighted by Gasteiger charge is 2.08. The van der Waals surface area contributed by atoms with Crippen molar-refractivity contribution in [2.45, 2.75) is 13.2 Å². The van der Waals surface area contributed by atoms with Crippen molar-refractivity contribution in [3.63, 3.8) is 0 Å². The van der Waals surface area contributed by atoms with Crippen molar-refractivity contribution in [3.05, 3.63) is 90.8 Å². The second-order valence-corrected chi connectivity index (χ2v) is 7.92. The highest BCUT2D eigenvalue weighted by molar-refractivity contribution is 6.42. The molecule has 27 heavy (non-hydrogen) atoms.